The molecule has 2 N–H and O–H groups in total. The van der Waals surface area contributed by atoms with Gasteiger partial charge in [-0.3, -0.25) is 4.79 Å². The monoisotopic (exact) mass is 270 g/mol. The van der Waals surface area contributed by atoms with Gasteiger partial charge in [-0.25, -0.2) is 0 Å². The Labute approximate surface area is 106 Å². The molecule has 4 nitrogen and oxygen atoms in total. The van der Waals surface area contributed by atoms with Crippen molar-refractivity contribution < 1.29 is 22.5 Å². The van der Waals surface area contributed by atoms with Crippen molar-refractivity contribution in [2.75, 3.05) is 0 Å². The van der Waals surface area contributed by atoms with Crippen LogP contribution in [-0.2, 0) is 6.18 Å². The van der Waals surface area contributed by atoms with Crippen molar-refractivity contribution in [3.8, 4) is 11.3 Å². The molecule has 0 aliphatic rings. The largest absolute Gasteiger partial charge is 0.416 e. The topological polar surface area (TPSA) is 69.1 Å². The number of rotatable bonds is 2. The molecule has 0 fully saturated rings. The molecule has 0 spiro atoms. The summed E-state index contributed by atoms with van der Waals surface area (Å²) in [4.78, 5) is 11.2. The minimum Gasteiger partial charge on any atom is -0.365 e. The maximum atomic E-state index is 12.4. The molecule has 7 heteroatoms. The van der Waals surface area contributed by atoms with Crippen molar-refractivity contribution in [3.05, 3.63) is 41.2 Å². The predicted octanol–water partition coefficient (Wildman–Crippen LogP) is 2.77. The number of alkyl halides is 3. The summed E-state index contributed by atoms with van der Waals surface area (Å²) in [6.45, 7) is 1.50. The van der Waals surface area contributed by atoms with Gasteiger partial charge < -0.3 is 10.3 Å². The summed E-state index contributed by atoms with van der Waals surface area (Å²) < 4.78 is 42.1. The van der Waals surface area contributed by atoms with Gasteiger partial charge >= 0.3 is 6.18 Å². The third kappa shape index (κ3) is 2.44. The van der Waals surface area contributed by atoms with Crippen molar-refractivity contribution in [3.63, 3.8) is 0 Å². The lowest BCUT2D eigenvalue weighted by molar-refractivity contribution is -0.137. The molecule has 0 saturated heterocycles. The summed E-state index contributed by atoms with van der Waals surface area (Å²) in [6, 6.07) is 4.24. The van der Waals surface area contributed by atoms with Crippen LogP contribution >= 0.6 is 0 Å². The lowest BCUT2D eigenvalue weighted by Crippen LogP contribution is -2.12. The number of halogens is 3. The zero-order valence-corrected chi connectivity index (χ0v) is 9.78. The predicted molar refractivity (Wildman–Crippen MR) is 60.2 cm³/mol. The van der Waals surface area contributed by atoms with Crippen LogP contribution in [-0.4, -0.2) is 11.1 Å². The summed E-state index contributed by atoms with van der Waals surface area (Å²) in [5.41, 5.74) is 4.94. The molecule has 1 aromatic heterocycles. The average Bonchev–Trinajstić information content (AvgIpc) is 2.70. The van der Waals surface area contributed by atoms with Crippen LogP contribution in [0.2, 0.25) is 0 Å². The zero-order valence-electron chi connectivity index (χ0n) is 9.78. The van der Waals surface area contributed by atoms with E-state index in [2.05, 4.69) is 5.16 Å². The van der Waals surface area contributed by atoms with E-state index in [1.165, 1.54) is 19.1 Å². The Bertz CT molecular complexity index is 615. The third-order valence-electron chi connectivity index (χ3n) is 2.59. The van der Waals surface area contributed by atoms with Crippen molar-refractivity contribution in [2.45, 2.75) is 13.1 Å². The van der Waals surface area contributed by atoms with Crippen LogP contribution in [0.4, 0.5) is 13.2 Å². The number of amides is 1. The van der Waals surface area contributed by atoms with E-state index >= 15 is 0 Å². The van der Waals surface area contributed by atoms with Crippen LogP contribution in [0.5, 0.6) is 0 Å². The van der Waals surface area contributed by atoms with Gasteiger partial charge in [-0.2, -0.15) is 13.2 Å². The van der Waals surface area contributed by atoms with Crippen LogP contribution in [0.15, 0.2) is 28.8 Å². The van der Waals surface area contributed by atoms with Gasteiger partial charge in [-0.15, -0.1) is 0 Å². The maximum absolute atomic E-state index is 12.4. The molecule has 0 bridgehead atoms. The lowest BCUT2D eigenvalue weighted by atomic mass is 10.0. The van der Waals surface area contributed by atoms with Crippen LogP contribution in [0.1, 0.15) is 21.7 Å². The molecule has 0 atom stereocenters. The van der Waals surface area contributed by atoms with Crippen molar-refractivity contribution in [1.82, 2.24) is 5.16 Å². The highest BCUT2D eigenvalue weighted by molar-refractivity contribution is 5.99. The molecule has 1 heterocycles. The Hall–Kier alpha value is -2.31. The molecule has 1 aromatic carbocycles. The summed E-state index contributed by atoms with van der Waals surface area (Å²) in [7, 11) is 0. The summed E-state index contributed by atoms with van der Waals surface area (Å²) in [5.74, 6) is -0.518. The first-order chi connectivity index (χ1) is 8.80. The smallest absolute Gasteiger partial charge is 0.365 e. The number of benzene rings is 1. The minimum absolute atomic E-state index is 0.0692. The molecule has 1 amide bonds. The SMILES string of the molecule is Cc1onc(-c2ccc(C(F)(F)F)cc2)c1C(N)=O. The summed E-state index contributed by atoms with van der Waals surface area (Å²) in [5, 5.41) is 3.64. The molecule has 0 saturated carbocycles. The normalized spacial score (nSPS) is 11.6. The van der Waals surface area contributed by atoms with Crippen LogP contribution in [0.3, 0.4) is 0 Å². The number of hydrogen-bond donors (Lipinski definition) is 1. The van der Waals surface area contributed by atoms with Crippen LogP contribution in [0, 0.1) is 6.92 Å². The molecule has 100 valence electrons. The number of nitrogens with two attached hydrogens (primary N) is 1. The van der Waals surface area contributed by atoms with Crippen LogP contribution < -0.4 is 5.73 Å². The highest BCUT2D eigenvalue weighted by Crippen LogP contribution is 2.31. The molecule has 2 rings (SSSR count). The number of nitrogens with zero attached hydrogens (tertiary/aromatic N) is 1. The number of primary amides is 1. The second kappa shape index (κ2) is 4.42. The van der Waals surface area contributed by atoms with E-state index in [-0.39, 0.29) is 17.0 Å². The number of carbonyl (C=O) groups is 1. The highest BCUT2D eigenvalue weighted by Gasteiger charge is 2.30. The standard InChI is InChI=1S/C12H9F3N2O2/c1-6-9(11(16)18)10(17-19-6)7-2-4-8(5-3-7)12(13,14)15/h2-5H,1H3,(H2,16,18). The van der Waals surface area contributed by atoms with Crippen molar-refractivity contribution >= 4 is 5.91 Å². The van der Waals surface area contributed by atoms with Gasteiger partial charge in [-0.1, -0.05) is 17.3 Å². The fourth-order valence-electron chi connectivity index (χ4n) is 1.68. The maximum Gasteiger partial charge on any atom is 0.416 e. The lowest BCUT2D eigenvalue weighted by Gasteiger charge is -2.06. The van der Waals surface area contributed by atoms with E-state index in [0.29, 0.717) is 5.56 Å². The second-order valence-electron chi connectivity index (χ2n) is 3.90. The Kier molecular flexibility index (Phi) is 3.05. The first kappa shape index (κ1) is 13.1. The fraction of sp³-hybridized carbons (Fsp3) is 0.167. The van der Waals surface area contributed by atoms with E-state index in [0.717, 1.165) is 12.1 Å². The molecule has 0 aliphatic carbocycles. The van der Waals surface area contributed by atoms with Gasteiger partial charge in [0, 0.05) is 5.56 Å². The van der Waals surface area contributed by atoms with Crippen molar-refractivity contribution in [2.24, 2.45) is 5.73 Å². The molecule has 0 aliphatic heterocycles. The third-order valence-corrected chi connectivity index (χ3v) is 2.59. The first-order valence-corrected chi connectivity index (χ1v) is 5.24. The number of carbonyl (C=O) groups excluding carboxylic acids is 1. The molecular weight excluding hydrogens is 261 g/mol. The Balaban J connectivity index is 2.46. The number of aromatic nitrogens is 1. The first-order valence-electron chi connectivity index (χ1n) is 5.24. The van der Waals surface area contributed by atoms with E-state index < -0.39 is 17.6 Å². The van der Waals surface area contributed by atoms with E-state index in [1.54, 1.807) is 0 Å². The Morgan fingerprint density at radius 3 is 2.32 bits per heavy atom. The number of aryl methyl sites for hydroxylation is 1. The van der Waals surface area contributed by atoms with Gasteiger partial charge in [0.05, 0.1) is 5.56 Å². The van der Waals surface area contributed by atoms with Gasteiger partial charge in [0.1, 0.15) is 17.0 Å². The van der Waals surface area contributed by atoms with E-state index in [1.807, 2.05) is 0 Å². The van der Waals surface area contributed by atoms with E-state index in [9.17, 15) is 18.0 Å². The van der Waals surface area contributed by atoms with Crippen molar-refractivity contribution in [1.29, 1.82) is 0 Å². The Morgan fingerprint density at radius 1 is 1.26 bits per heavy atom. The fourth-order valence-corrected chi connectivity index (χ4v) is 1.68. The number of hydrogen-bond acceptors (Lipinski definition) is 3. The Morgan fingerprint density at radius 2 is 1.84 bits per heavy atom. The highest BCUT2D eigenvalue weighted by atomic mass is 19.4. The molecule has 2 aromatic rings. The minimum atomic E-state index is -4.41. The summed E-state index contributed by atoms with van der Waals surface area (Å²) in [6.07, 6.45) is -4.41. The molecule has 0 radical (unpaired) electrons. The van der Waals surface area contributed by atoms with Crippen LogP contribution in [0.25, 0.3) is 11.3 Å². The molecule has 0 unspecified atom stereocenters. The molecule has 19 heavy (non-hydrogen) atoms. The average molecular weight is 270 g/mol. The molecular formula is C12H9F3N2O2. The van der Waals surface area contributed by atoms with Gasteiger partial charge in [0.2, 0.25) is 0 Å². The van der Waals surface area contributed by atoms with Gasteiger partial charge in [0.15, 0.2) is 0 Å². The van der Waals surface area contributed by atoms with Gasteiger partial charge in [0.25, 0.3) is 5.91 Å². The van der Waals surface area contributed by atoms with Gasteiger partial charge in [-0.05, 0) is 19.1 Å². The van der Waals surface area contributed by atoms with E-state index in [4.69, 9.17) is 10.3 Å². The zero-order chi connectivity index (χ0) is 14.2. The second-order valence-corrected chi connectivity index (χ2v) is 3.90. The summed E-state index contributed by atoms with van der Waals surface area (Å²) >= 11 is 0. The quantitative estimate of drug-likeness (QED) is 0.912.